The van der Waals surface area contributed by atoms with Crippen molar-refractivity contribution in [1.29, 1.82) is 0 Å². The molecule has 0 aliphatic heterocycles. The normalized spacial score (nSPS) is 12.3. The van der Waals surface area contributed by atoms with Gasteiger partial charge in [0.15, 0.2) is 0 Å². The maximum Gasteiger partial charge on any atom is 0.305 e. The minimum absolute atomic E-state index is 0.125. The summed E-state index contributed by atoms with van der Waals surface area (Å²) in [5, 5.41) is 9.89. The maximum atomic E-state index is 11.0. The first kappa shape index (κ1) is 14.5. The monoisotopic (exact) mass is 252 g/mol. The van der Waals surface area contributed by atoms with Crippen LogP contribution in [0.3, 0.4) is 0 Å². The van der Waals surface area contributed by atoms with Gasteiger partial charge in [-0.25, -0.2) is 0 Å². The lowest BCUT2D eigenvalue weighted by atomic mass is 10.0. The highest BCUT2D eigenvalue weighted by atomic mass is 16.5. The number of carbonyl (C=O) groups is 1. The molecule has 1 aromatic carbocycles. The average molecular weight is 252 g/mol. The second kappa shape index (κ2) is 7.01. The van der Waals surface area contributed by atoms with E-state index in [2.05, 4.69) is 4.74 Å². The van der Waals surface area contributed by atoms with Crippen LogP contribution in [0.25, 0.3) is 0 Å². The lowest BCUT2D eigenvalue weighted by Crippen LogP contribution is -2.06. The Kier molecular flexibility index (Phi) is 5.65. The maximum absolute atomic E-state index is 11.0. The highest BCUT2D eigenvalue weighted by Gasteiger charge is 2.10. The smallest absolute Gasteiger partial charge is 0.305 e. The second-order valence-corrected chi connectivity index (χ2v) is 4.37. The fourth-order valence-corrected chi connectivity index (χ4v) is 1.56. The van der Waals surface area contributed by atoms with Gasteiger partial charge >= 0.3 is 5.97 Å². The standard InChI is InChI=1S/C14H20O4/c1-10(2)18-12-6-4-11(5-7-12)13(15)8-9-14(16)17-3/h4-7,10,13,15H,8-9H2,1-3H3. The summed E-state index contributed by atoms with van der Waals surface area (Å²) in [6.07, 6.45) is 0.0381. The van der Waals surface area contributed by atoms with Crippen molar-refractivity contribution in [3.8, 4) is 5.75 Å². The van der Waals surface area contributed by atoms with E-state index in [1.165, 1.54) is 7.11 Å². The molecule has 4 heteroatoms. The Morgan fingerprint density at radius 2 is 1.89 bits per heavy atom. The van der Waals surface area contributed by atoms with Gasteiger partial charge < -0.3 is 14.6 Å². The van der Waals surface area contributed by atoms with Crippen molar-refractivity contribution in [3.05, 3.63) is 29.8 Å². The Balaban J connectivity index is 2.53. The number of hydrogen-bond donors (Lipinski definition) is 1. The molecule has 0 spiro atoms. The van der Waals surface area contributed by atoms with Gasteiger partial charge in [0.1, 0.15) is 5.75 Å². The third-order valence-electron chi connectivity index (χ3n) is 2.49. The van der Waals surface area contributed by atoms with Crippen LogP contribution >= 0.6 is 0 Å². The molecule has 1 unspecified atom stereocenters. The molecule has 0 saturated heterocycles. The molecule has 0 fully saturated rings. The van der Waals surface area contributed by atoms with Crippen molar-refractivity contribution in [2.75, 3.05) is 7.11 Å². The Bertz CT molecular complexity index is 370. The number of benzene rings is 1. The quantitative estimate of drug-likeness (QED) is 0.790. The Morgan fingerprint density at radius 3 is 2.39 bits per heavy atom. The van der Waals surface area contributed by atoms with E-state index < -0.39 is 6.10 Å². The fourth-order valence-electron chi connectivity index (χ4n) is 1.56. The Hall–Kier alpha value is -1.55. The molecule has 1 N–H and O–H groups in total. The van der Waals surface area contributed by atoms with Crippen LogP contribution in [0.15, 0.2) is 24.3 Å². The number of ether oxygens (including phenoxy) is 2. The molecule has 0 radical (unpaired) electrons. The number of esters is 1. The molecule has 0 amide bonds. The van der Waals surface area contributed by atoms with E-state index in [9.17, 15) is 9.90 Å². The molecule has 0 saturated carbocycles. The number of carbonyl (C=O) groups excluding carboxylic acids is 1. The van der Waals surface area contributed by atoms with Crippen molar-refractivity contribution in [1.82, 2.24) is 0 Å². The first-order valence-electron chi connectivity index (χ1n) is 6.04. The molecule has 1 aromatic rings. The Labute approximate surface area is 108 Å². The minimum atomic E-state index is -0.655. The number of rotatable bonds is 6. The molecule has 0 aliphatic rings. The largest absolute Gasteiger partial charge is 0.491 e. The van der Waals surface area contributed by atoms with E-state index in [1.54, 1.807) is 12.1 Å². The zero-order chi connectivity index (χ0) is 13.5. The van der Waals surface area contributed by atoms with Crippen LogP contribution in [0.2, 0.25) is 0 Å². The van der Waals surface area contributed by atoms with E-state index in [4.69, 9.17) is 4.74 Å². The Morgan fingerprint density at radius 1 is 1.28 bits per heavy atom. The molecular weight excluding hydrogens is 232 g/mol. The van der Waals surface area contributed by atoms with Gasteiger partial charge in [-0.05, 0) is 38.0 Å². The molecule has 4 nitrogen and oxygen atoms in total. The van der Waals surface area contributed by atoms with Crippen molar-refractivity contribution in [3.63, 3.8) is 0 Å². The van der Waals surface area contributed by atoms with Gasteiger partial charge in [0.25, 0.3) is 0 Å². The molecular formula is C14H20O4. The highest BCUT2D eigenvalue weighted by Crippen LogP contribution is 2.22. The summed E-state index contributed by atoms with van der Waals surface area (Å²) in [6, 6.07) is 7.24. The summed E-state index contributed by atoms with van der Waals surface area (Å²) < 4.78 is 10.0. The lowest BCUT2D eigenvalue weighted by molar-refractivity contribution is -0.141. The van der Waals surface area contributed by atoms with Crippen LogP contribution in [0, 0.1) is 0 Å². The summed E-state index contributed by atoms with van der Waals surface area (Å²) in [5.41, 5.74) is 0.773. The summed E-state index contributed by atoms with van der Waals surface area (Å²) in [4.78, 5) is 11.0. The number of methoxy groups -OCH3 is 1. The third-order valence-corrected chi connectivity index (χ3v) is 2.49. The first-order chi connectivity index (χ1) is 8.52. The molecule has 1 atom stereocenters. The zero-order valence-electron chi connectivity index (χ0n) is 11.1. The third kappa shape index (κ3) is 4.75. The molecule has 1 rings (SSSR count). The zero-order valence-corrected chi connectivity index (χ0v) is 11.1. The van der Waals surface area contributed by atoms with Gasteiger partial charge in [-0.1, -0.05) is 12.1 Å². The van der Waals surface area contributed by atoms with Gasteiger partial charge in [-0.15, -0.1) is 0 Å². The first-order valence-corrected chi connectivity index (χ1v) is 6.04. The van der Waals surface area contributed by atoms with Crippen molar-refractivity contribution >= 4 is 5.97 Å². The SMILES string of the molecule is COC(=O)CCC(O)c1ccc(OC(C)C)cc1. The van der Waals surface area contributed by atoms with Gasteiger partial charge in [-0.2, -0.15) is 0 Å². The highest BCUT2D eigenvalue weighted by molar-refractivity contribution is 5.69. The van der Waals surface area contributed by atoms with Crippen LogP contribution in [0.5, 0.6) is 5.75 Å². The van der Waals surface area contributed by atoms with E-state index in [-0.39, 0.29) is 18.5 Å². The van der Waals surface area contributed by atoms with Gasteiger partial charge in [0.05, 0.1) is 19.3 Å². The molecule has 18 heavy (non-hydrogen) atoms. The van der Waals surface area contributed by atoms with Crippen LogP contribution in [0.4, 0.5) is 0 Å². The van der Waals surface area contributed by atoms with E-state index in [1.807, 2.05) is 26.0 Å². The predicted octanol–water partition coefficient (Wildman–Crippen LogP) is 2.46. The van der Waals surface area contributed by atoms with E-state index >= 15 is 0 Å². The van der Waals surface area contributed by atoms with Crippen molar-refractivity contribution in [2.45, 2.75) is 38.9 Å². The average Bonchev–Trinajstić information content (AvgIpc) is 2.35. The van der Waals surface area contributed by atoms with Crippen LogP contribution in [-0.2, 0) is 9.53 Å². The van der Waals surface area contributed by atoms with Gasteiger partial charge in [0, 0.05) is 6.42 Å². The molecule has 0 heterocycles. The van der Waals surface area contributed by atoms with Crippen LogP contribution in [-0.4, -0.2) is 24.3 Å². The summed E-state index contributed by atoms with van der Waals surface area (Å²) in [7, 11) is 1.34. The molecule has 100 valence electrons. The van der Waals surface area contributed by atoms with Crippen LogP contribution < -0.4 is 4.74 Å². The van der Waals surface area contributed by atoms with Gasteiger partial charge in [0.2, 0.25) is 0 Å². The van der Waals surface area contributed by atoms with E-state index in [0.717, 1.165) is 11.3 Å². The molecule has 0 aliphatic carbocycles. The predicted molar refractivity (Wildman–Crippen MR) is 68.4 cm³/mol. The van der Waals surface area contributed by atoms with Crippen molar-refractivity contribution < 1.29 is 19.4 Å². The second-order valence-electron chi connectivity index (χ2n) is 4.37. The summed E-state index contributed by atoms with van der Waals surface area (Å²) in [6.45, 7) is 3.91. The topological polar surface area (TPSA) is 55.8 Å². The fraction of sp³-hybridized carbons (Fsp3) is 0.500. The summed E-state index contributed by atoms with van der Waals surface area (Å²) >= 11 is 0. The summed E-state index contributed by atoms with van der Waals surface area (Å²) in [5.74, 6) is 0.461. The number of hydrogen-bond acceptors (Lipinski definition) is 4. The number of aliphatic hydroxyl groups excluding tert-OH is 1. The molecule has 0 bridgehead atoms. The lowest BCUT2D eigenvalue weighted by Gasteiger charge is -2.13. The van der Waals surface area contributed by atoms with E-state index in [0.29, 0.717) is 6.42 Å². The van der Waals surface area contributed by atoms with Gasteiger partial charge in [-0.3, -0.25) is 4.79 Å². The van der Waals surface area contributed by atoms with Crippen molar-refractivity contribution in [2.24, 2.45) is 0 Å². The molecule has 0 aromatic heterocycles. The minimum Gasteiger partial charge on any atom is -0.491 e. The number of aliphatic hydroxyl groups is 1. The van der Waals surface area contributed by atoms with Crippen LogP contribution in [0.1, 0.15) is 38.4 Å².